The monoisotopic (exact) mass is 375 g/mol. The van der Waals surface area contributed by atoms with Crippen LogP contribution in [0.15, 0.2) is 40.8 Å². The lowest BCUT2D eigenvalue weighted by Gasteiger charge is -2.30. The molecule has 7 heteroatoms. The van der Waals surface area contributed by atoms with Gasteiger partial charge in [0.2, 0.25) is 0 Å². The van der Waals surface area contributed by atoms with E-state index in [-0.39, 0.29) is 36.0 Å². The summed E-state index contributed by atoms with van der Waals surface area (Å²) < 4.78 is 29.0. The number of hydrogen-bond acceptors (Lipinski definition) is 5. The quantitative estimate of drug-likeness (QED) is 0.724. The van der Waals surface area contributed by atoms with E-state index in [4.69, 9.17) is 13.9 Å². The van der Waals surface area contributed by atoms with Crippen molar-refractivity contribution in [2.24, 2.45) is 5.92 Å². The Morgan fingerprint density at radius 1 is 1.22 bits per heavy atom. The molecule has 3 rings (SSSR count). The number of esters is 1. The highest BCUT2D eigenvalue weighted by molar-refractivity contribution is 5.92. The molecule has 6 nitrogen and oxygen atoms in total. The number of amides is 1. The number of piperidine rings is 1. The minimum atomic E-state index is -0.337. The SMILES string of the molecule is CCOC(=O)C1CCCN(C(=O)c2ccc(COc3ccc(F)cc3)o2)C1. The Morgan fingerprint density at radius 3 is 2.74 bits per heavy atom. The fraction of sp³-hybridized carbons (Fsp3) is 0.400. The van der Waals surface area contributed by atoms with Gasteiger partial charge in [0.1, 0.15) is 23.9 Å². The Balaban J connectivity index is 1.57. The predicted molar refractivity (Wildman–Crippen MR) is 94.7 cm³/mol. The molecule has 0 spiro atoms. The van der Waals surface area contributed by atoms with E-state index in [1.54, 1.807) is 24.0 Å². The van der Waals surface area contributed by atoms with Crippen molar-refractivity contribution in [2.75, 3.05) is 19.7 Å². The summed E-state index contributed by atoms with van der Waals surface area (Å²) >= 11 is 0. The van der Waals surface area contributed by atoms with Crippen LogP contribution in [0.2, 0.25) is 0 Å². The molecule has 0 saturated carbocycles. The molecule has 27 heavy (non-hydrogen) atoms. The molecular formula is C20H22FNO5. The molecule has 1 aromatic heterocycles. The summed E-state index contributed by atoms with van der Waals surface area (Å²) in [5.74, 6) is 0.0578. The molecule has 1 atom stereocenters. The molecule has 1 fully saturated rings. The van der Waals surface area contributed by atoms with E-state index in [1.807, 2.05) is 0 Å². The van der Waals surface area contributed by atoms with E-state index >= 15 is 0 Å². The van der Waals surface area contributed by atoms with Gasteiger partial charge in [0.25, 0.3) is 5.91 Å². The van der Waals surface area contributed by atoms with E-state index in [1.165, 1.54) is 24.3 Å². The third-order valence-corrected chi connectivity index (χ3v) is 4.40. The van der Waals surface area contributed by atoms with Gasteiger partial charge in [-0.05, 0) is 56.2 Å². The van der Waals surface area contributed by atoms with Crippen LogP contribution in [0.1, 0.15) is 36.1 Å². The molecule has 2 heterocycles. The molecule has 144 valence electrons. The average Bonchev–Trinajstić information content (AvgIpc) is 3.16. The van der Waals surface area contributed by atoms with Gasteiger partial charge in [-0.25, -0.2) is 4.39 Å². The van der Waals surface area contributed by atoms with Crippen molar-refractivity contribution in [1.29, 1.82) is 0 Å². The Hall–Kier alpha value is -2.83. The van der Waals surface area contributed by atoms with Crippen molar-refractivity contribution in [3.8, 4) is 5.75 Å². The highest BCUT2D eigenvalue weighted by atomic mass is 19.1. The lowest BCUT2D eigenvalue weighted by molar-refractivity contribution is -0.149. The molecule has 1 saturated heterocycles. The second-order valence-corrected chi connectivity index (χ2v) is 6.35. The molecule has 1 amide bonds. The number of nitrogens with zero attached hydrogens (tertiary/aromatic N) is 1. The normalized spacial score (nSPS) is 16.8. The predicted octanol–water partition coefficient (Wildman–Crippen LogP) is 3.41. The zero-order valence-corrected chi connectivity index (χ0v) is 15.2. The number of likely N-dealkylation sites (tertiary alicyclic amines) is 1. The third-order valence-electron chi connectivity index (χ3n) is 4.40. The summed E-state index contributed by atoms with van der Waals surface area (Å²) in [6.07, 6.45) is 1.47. The van der Waals surface area contributed by atoms with Gasteiger partial charge in [-0.15, -0.1) is 0 Å². The van der Waals surface area contributed by atoms with Crippen LogP contribution in [-0.4, -0.2) is 36.5 Å². The zero-order chi connectivity index (χ0) is 19.2. The number of carbonyl (C=O) groups is 2. The van der Waals surface area contributed by atoms with Crippen molar-refractivity contribution in [2.45, 2.75) is 26.4 Å². The summed E-state index contributed by atoms with van der Waals surface area (Å²) in [4.78, 5) is 26.2. The molecule has 1 aliphatic rings. The fourth-order valence-electron chi connectivity index (χ4n) is 3.03. The van der Waals surface area contributed by atoms with Crippen molar-refractivity contribution in [1.82, 2.24) is 4.90 Å². The first-order chi connectivity index (χ1) is 13.1. The van der Waals surface area contributed by atoms with Crippen molar-refractivity contribution in [3.63, 3.8) is 0 Å². The summed E-state index contributed by atoms with van der Waals surface area (Å²) in [6, 6.07) is 8.93. The second-order valence-electron chi connectivity index (χ2n) is 6.35. The summed E-state index contributed by atoms with van der Waals surface area (Å²) in [7, 11) is 0. The maximum atomic E-state index is 12.9. The molecule has 1 unspecified atom stereocenters. The van der Waals surface area contributed by atoms with Crippen LogP contribution in [-0.2, 0) is 16.1 Å². The molecule has 0 N–H and O–H groups in total. The number of furan rings is 1. The zero-order valence-electron chi connectivity index (χ0n) is 15.2. The third kappa shape index (κ3) is 4.87. The van der Waals surface area contributed by atoms with Crippen molar-refractivity contribution < 1.29 is 27.9 Å². The Bertz CT molecular complexity index is 786. The number of hydrogen-bond donors (Lipinski definition) is 0. The smallest absolute Gasteiger partial charge is 0.310 e. The van der Waals surface area contributed by atoms with E-state index in [0.29, 0.717) is 31.2 Å². The summed E-state index contributed by atoms with van der Waals surface area (Å²) in [6.45, 7) is 3.14. The van der Waals surface area contributed by atoms with E-state index in [0.717, 1.165) is 12.8 Å². The molecule has 0 radical (unpaired) electrons. The largest absolute Gasteiger partial charge is 0.486 e. The number of carbonyl (C=O) groups excluding carboxylic acids is 2. The van der Waals surface area contributed by atoms with Gasteiger partial charge in [0.15, 0.2) is 5.76 Å². The van der Waals surface area contributed by atoms with Crippen molar-refractivity contribution in [3.05, 3.63) is 53.7 Å². The topological polar surface area (TPSA) is 69.0 Å². The molecule has 2 aromatic rings. The standard InChI is InChI=1S/C20H22FNO5/c1-2-25-20(24)14-4-3-11-22(12-14)19(23)18-10-9-17(27-18)13-26-16-7-5-15(21)6-8-16/h5-10,14H,2-4,11-13H2,1H3. The van der Waals surface area contributed by atoms with Gasteiger partial charge in [-0.3, -0.25) is 9.59 Å². The lowest BCUT2D eigenvalue weighted by Crippen LogP contribution is -2.42. The van der Waals surface area contributed by atoms with Crippen molar-refractivity contribution >= 4 is 11.9 Å². The first-order valence-electron chi connectivity index (χ1n) is 9.00. The van der Waals surface area contributed by atoms with Crippen LogP contribution in [0.5, 0.6) is 5.75 Å². The van der Waals surface area contributed by atoms with Gasteiger partial charge >= 0.3 is 5.97 Å². The number of benzene rings is 1. The number of ether oxygens (including phenoxy) is 2. The summed E-state index contributed by atoms with van der Waals surface area (Å²) in [5, 5.41) is 0. The van der Waals surface area contributed by atoms with Gasteiger partial charge < -0.3 is 18.8 Å². The van der Waals surface area contributed by atoms with Crippen LogP contribution in [0.25, 0.3) is 0 Å². The molecule has 0 aliphatic carbocycles. The Labute approximate surface area is 156 Å². The van der Waals surface area contributed by atoms with Crippen LogP contribution < -0.4 is 4.74 Å². The van der Waals surface area contributed by atoms with E-state index in [2.05, 4.69) is 0 Å². The van der Waals surface area contributed by atoms with Gasteiger partial charge in [0.05, 0.1) is 12.5 Å². The Kier molecular flexibility index (Phi) is 6.11. The van der Waals surface area contributed by atoms with Crippen LogP contribution in [0.3, 0.4) is 0 Å². The van der Waals surface area contributed by atoms with Gasteiger partial charge in [-0.2, -0.15) is 0 Å². The van der Waals surface area contributed by atoms with Crippen LogP contribution >= 0.6 is 0 Å². The van der Waals surface area contributed by atoms with Gasteiger partial charge in [0, 0.05) is 13.1 Å². The second kappa shape index (κ2) is 8.70. The highest BCUT2D eigenvalue weighted by Crippen LogP contribution is 2.21. The minimum absolute atomic E-state index is 0.129. The maximum Gasteiger partial charge on any atom is 0.310 e. The first-order valence-corrected chi connectivity index (χ1v) is 9.00. The van der Waals surface area contributed by atoms with E-state index in [9.17, 15) is 14.0 Å². The van der Waals surface area contributed by atoms with Gasteiger partial charge in [-0.1, -0.05) is 0 Å². The molecular weight excluding hydrogens is 353 g/mol. The molecule has 1 aromatic carbocycles. The Morgan fingerprint density at radius 2 is 2.00 bits per heavy atom. The molecule has 0 bridgehead atoms. The van der Waals surface area contributed by atoms with Crippen LogP contribution in [0.4, 0.5) is 4.39 Å². The van der Waals surface area contributed by atoms with E-state index < -0.39 is 0 Å². The molecule has 1 aliphatic heterocycles. The number of halogens is 1. The van der Waals surface area contributed by atoms with Crippen LogP contribution in [0, 0.1) is 11.7 Å². The highest BCUT2D eigenvalue weighted by Gasteiger charge is 2.30. The maximum absolute atomic E-state index is 12.9. The number of rotatable bonds is 6. The first kappa shape index (κ1) is 18.9. The fourth-order valence-corrected chi connectivity index (χ4v) is 3.03. The average molecular weight is 375 g/mol. The lowest BCUT2D eigenvalue weighted by atomic mass is 9.98. The minimum Gasteiger partial charge on any atom is -0.486 e. The summed E-state index contributed by atoms with van der Waals surface area (Å²) in [5.41, 5.74) is 0.